The monoisotopic (exact) mass is 886 g/mol. The van der Waals surface area contributed by atoms with Gasteiger partial charge in [-0.05, 0) is 108 Å². The van der Waals surface area contributed by atoms with Crippen molar-refractivity contribution >= 4 is 113 Å². The molecule has 0 atom stereocenters. The number of pyridine rings is 2. The van der Waals surface area contributed by atoms with Gasteiger partial charge in [-0.3, -0.25) is 9.97 Å². The van der Waals surface area contributed by atoms with Gasteiger partial charge in [-0.25, -0.2) is 9.97 Å². The van der Waals surface area contributed by atoms with E-state index in [1.807, 2.05) is 48.8 Å². The van der Waals surface area contributed by atoms with E-state index in [1.54, 1.807) is 0 Å². The highest BCUT2D eigenvalue weighted by atomic mass is 35.6. The average molecular weight is 888 g/mol. The number of hydrogen-bond acceptors (Lipinski definition) is 6. The van der Waals surface area contributed by atoms with Crippen LogP contribution in [0.5, 0.6) is 0 Å². The fourth-order valence-corrected chi connectivity index (χ4v) is 8.33. The Hall–Kier alpha value is -7.35. The third kappa shape index (κ3) is 8.07. The van der Waals surface area contributed by atoms with Gasteiger partial charge in [0.05, 0.1) is 33.1 Å². The van der Waals surface area contributed by atoms with Gasteiger partial charge in [0.1, 0.15) is 0 Å². The number of benzene rings is 8. The van der Waals surface area contributed by atoms with Crippen LogP contribution in [0.2, 0.25) is 0 Å². The number of alkyl halides is 3. The summed E-state index contributed by atoms with van der Waals surface area (Å²) in [6, 6.07) is 71.8. The van der Waals surface area contributed by atoms with Crippen molar-refractivity contribution < 1.29 is 0 Å². The van der Waals surface area contributed by atoms with Crippen molar-refractivity contribution in [3.63, 3.8) is 0 Å². The van der Waals surface area contributed by atoms with Crippen molar-refractivity contribution in [2.45, 2.75) is 4.30 Å². The van der Waals surface area contributed by atoms with E-state index in [2.05, 4.69) is 180 Å². The summed E-state index contributed by atoms with van der Waals surface area (Å²) in [7, 11) is 0. The predicted molar refractivity (Wildman–Crippen MR) is 269 cm³/mol. The molecule has 308 valence electrons. The molecule has 0 aliphatic rings. The molecule has 6 nitrogen and oxygen atoms in total. The number of aromatic nitrogens is 4. The lowest BCUT2D eigenvalue weighted by Gasteiger charge is -2.25. The van der Waals surface area contributed by atoms with E-state index in [0.717, 1.165) is 100 Å². The number of halogens is 3. The lowest BCUT2D eigenvalue weighted by Crippen LogP contribution is -2.09. The van der Waals surface area contributed by atoms with Crippen LogP contribution in [0.3, 0.4) is 0 Å². The van der Waals surface area contributed by atoms with E-state index in [9.17, 15) is 0 Å². The summed E-state index contributed by atoms with van der Waals surface area (Å²) in [6.45, 7) is 0. The maximum absolute atomic E-state index is 5.55. The van der Waals surface area contributed by atoms with Gasteiger partial charge < -0.3 is 9.80 Å². The van der Waals surface area contributed by atoms with Crippen molar-refractivity contribution in [1.29, 1.82) is 0 Å². The molecule has 0 unspecified atom stereocenters. The molecule has 11 rings (SSSR count). The summed E-state index contributed by atoms with van der Waals surface area (Å²) < 4.78 is -0.750. The van der Waals surface area contributed by atoms with Gasteiger partial charge >= 0.3 is 0 Å². The highest BCUT2D eigenvalue weighted by Crippen LogP contribution is 2.41. The number of nitrogens with zero attached hydrogens (tertiary/aromatic N) is 6. The Morgan fingerprint density at radius 1 is 0.297 bits per heavy atom. The standard InChI is InChI=1S/C54H36N6.CHCl3/c1-5-15-39(16-6-1)59(40-17-7-2-8-18-40)43-29-25-37(26-30-43)45-33-34-46(38-27-31-44(32-28-38)60(41-19-9-3-10-20-41)42-21-11-4-12-22-42)52-51(45)57-53-47-23-13-35-55-49(47)50-48(54(53)58-52)24-14-36-56-50;2-1(3)4/h1-36H;1H. The maximum Gasteiger partial charge on any atom is 0.180 e. The number of rotatable bonds is 8. The minimum atomic E-state index is -0.750. The molecule has 0 amide bonds. The van der Waals surface area contributed by atoms with Crippen LogP contribution in [0.25, 0.3) is 66.1 Å². The summed E-state index contributed by atoms with van der Waals surface area (Å²) in [4.78, 5) is 25.2. The number of fused-ring (bicyclic) bond motifs is 7. The van der Waals surface area contributed by atoms with Crippen molar-refractivity contribution in [3.05, 3.63) is 219 Å². The Morgan fingerprint density at radius 2 is 0.594 bits per heavy atom. The second-order valence-electron chi connectivity index (χ2n) is 14.9. The van der Waals surface area contributed by atoms with E-state index in [1.165, 1.54) is 0 Å². The van der Waals surface area contributed by atoms with Gasteiger partial charge in [-0.1, -0.05) is 144 Å². The van der Waals surface area contributed by atoms with Gasteiger partial charge in [0.15, 0.2) is 4.30 Å². The summed E-state index contributed by atoms with van der Waals surface area (Å²) in [5.41, 5.74) is 15.5. The number of anilines is 6. The fraction of sp³-hybridized carbons (Fsp3) is 0.0182. The van der Waals surface area contributed by atoms with E-state index in [4.69, 9.17) is 54.7 Å². The van der Waals surface area contributed by atoms with Crippen LogP contribution in [-0.4, -0.2) is 24.2 Å². The van der Waals surface area contributed by atoms with Crippen LogP contribution in [0, 0.1) is 0 Å². The molecule has 3 heterocycles. The minimum absolute atomic E-state index is 0.750. The van der Waals surface area contributed by atoms with Gasteiger partial charge in [0.2, 0.25) is 0 Å². The molecule has 0 bridgehead atoms. The Balaban J connectivity index is 0.00000116. The Morgan fingerprint density at radius 3 is 0.906 bits per heavy atom. The zero-order chi connectivity index (χ0) is 43.4. The van der Waals surface area contributed by atoms with Gasteiger partial charge in [0.25, 0.3) is 0 Å². The molecule has 0 saturated carbocycles. The minimum Gasteiger partial charge on any atom is -0.311 e. The Bertz CT molecular complexity index is 3050. The van der Waals surface area contributed by atoms with E-state index in [-0.39, 0.29) is 0 Å². The first kappa shape index (κ1) is 40.7. The first-order valence-electron chi connectivity index (χ1n) is 20.7. The first-order valence-corrected chi connectivity index (χ1v) is 22.0. The van der Waals surface area contributed by atoms with Crippen molar-refractivity contribution in [2.75, 3.05) is 9.80 Å². The predicted octanol–water partition coefficient (Wildman–Crippen LogP) is 16.1. The van der Waals surface area contributed by atoms with Crippen LogP contribution in [0.15, 0.2) is 219 Å². The topological polar surface area (TPSA) is 58.0 Å². The summed E-state index contributed by atoms with van der Waals surface area (Å²) in [5, 5.41) is 1.85. The molecule has 0 radical (unpaired) electrons. The molecule has 0 aliphatic heterocycles. The highest BCUT2D eigenvalue weighted by Gasteiger charge is 2.20. The molecule has 0 N–H and O–H groups in total. The van der Waals surface area contributed by atoms with E-state index >= 15 is 0 Å². The quantitative estimate of drug-likeness (QED) is 0.0861. The van der Waals surface area contributed by atoms with E-state index in [0.29, 0.717) is 0 Å². The fourth-order valence-electron chi connectivity index (χ4n) is 8.33. The third-order valence-corrected chi connectivity index (χ3v) is 11.1. The molecule has 64 heavy (non-hydrogen) atoms. The molecule has 11 aromatic rings. The van der Waals surface area contributed by atoms with Crippen molar-refractivity contribution in [1.82, 2.24) is 19.9 Å². The summed E-state index contributed by atoms with van der Waals surface area (Å²) in [5.74, 6) is 0. The zero-order valence-electron chi connectivity index (χ0n) is 34.2. The third-order valence-electron chi connectivity index (χ3n) is 11.1. The molecule has 9 heteroatoms. The molecule has 8 aromatic carbocycles. The summed E-state index contributed by atoms with van der Waals surface area (Å²) >= 11 is 14.4. The number of hydrogen-bond donors (Lipinski definition) is 0. The molecular weight excluding hydrogens is 851 g/mol. The smallest absolute Gasteiger partial charge is 0.180 e. The van der Waals surface area contributed by atoms with Crippen LogP contribution >= 0.6 is 34.8 Å². The van der Waals surface area contributed by atoms with Gasteiger partial charge in [0, 0.05) is 68.4 Å². The SMILES string of the molecule is ClC(Cl)Cl.c1ccc(N(c2ccccc2)c2ccc(-c3ccc(-c4ccc(N(c5ccccc5)c5ccccc5)cc4)c4nc5c6cccnc6c6ncccc6c5nc34)cc2)cc1. The van der Waals surface area contributed by atoms with Gasteiger partial charge in [-0.2, -0.15) is 0 Å². The number of para-hydroxylation sites is 4. The van der Waals surface area contributed by atoms with Crippen LogP contribution in [-0.2, 0) is 0 Å². The van der Waals surface area contributed by atoms with Crippen molar-refractivity contribution in [3.8, 4) is 22.3 Å². The molecular formula is C55H37Cl3N6. The van der Waals surface area contributed by atoms with Crippen LogP contribution < -0.4 is 9.80 Å². The Labute approximate surface area is 385 Å². The van der Waals surface area contributed by atoms with Crippen LogP contribution in [0.1, 0.15) is 0 Å². The molecule has 0 aliphatic carbocycles. The maximum atomic E-state index is 5.55. The van der Waals surface area contributed by atoms with Gasteiger partial charge in [-0.15, -0.1) is 0 Å². The lowest BCUT2D eigenvalue weighted by atomic mass is 9.96. The summed E-state index contributed by atoms with van der Waals surface area (Å²) in [6.07, 6.45) is 3.63. The highest BCUT2D eigenvalue weighted by molar-refractivity contribution is 6.63. The zero-order valence-corrected chi connectivity index (χ0v) is 36.4. The molecule has 3 aromatic heterocycles. The first-order chi connectivity index (χ1) is 31.5. The van der Waals surface area contributed by atoms with E-state index < -0.39 is 4.30 Å². The lowest BCUT2D eigenvalue weighted by molar-refractivity contribution is 1.28. The van der Waals surface area contributed by atoms with Crippen LogP contribution in [0.4, 0.5) is 34.1 Å². The second-order valence-corrected chi connectivity index (χ2v) is 16.9. The Kier molecular flexibility index (Phi) is 11.6. The largest absolute Gasteiger partial charge is 0.311 e. The molecule has 0 spiro atoms. The van der Waals surface area contributed by atoms with Crippen molar-refractivity contribution in [2.24, 2.45) is 0 Å². The molecule has 0 saturated heterocycles. The second kappa shape index (κ2) is 18.2. The average Bonchev–Trinajstić information content (AvgIpc) is 3.35. The normalized spacial score (nSPS) is 11.2. The molecule has 0 fully saturated rings.